The molecule has 8 heteroatoms. The maximum atomic E-state index is 11.9. The van der Waals surface area contributed by atoms with Crippen LogP contribution in [0, 0.1) is 17.0 Å². The molecule has 98 valence electrons. The molecule has 0 aliphatic rings. The number of nitro groups is 1. The zero-order valence-corrected chi connectivity index (χ0v) is 12.1. The largest absolute Gasteiger partial charge is 0.324 e. The zero-order valence-electron chi connectivity index (χ0n) is 9.71. The van der Waals surface area contributed by atoms with Crippen LogP contribution in [0.5, 0.6) is 0 Å². The van der Waals surface area contributed by atoms with Crippen LogP contribution in [0.3, 0.4) is 0 Å². The van der Waals surface area contributed by atoms with Crippen LogP contribution < -0.4 is 5.32 Å². The average molecular weight is 342 g/mol. The first-order chi connectivity index (χ1) is 8.97. The number of rotatable bonds is 3. The molecule has 0 bridgehead atoms. The number of hydrogen-bond donors (Lipinski definition) is 1. The third kappa shape index (κ3) is 3.15. The third-order valence-electron chi connectivity index (χ3n) is 2.30. The van der Waals surface area contributed by atoms with E-state index in [1.807, 2.05) is 0 Å². The Bertz CT molecular complexity index is 656. The van der Waals surface area contributed by atoms with Gasteiger partial charge in [-0.25, -0.2) is 4.98 Å². The van der Waals surface area contributed by atoms with E-state index in [0.717, 1.165) is 11.3 Å². The SMILES string of the molecule is Cc1nc(Br)ccc1NC(=O)c1ccc([N+](=O)[O-])s1. The Kier molecular flexibility index (Phi) is 3.91. The quantitative estimate of drug-likeness (QED) is 0.526. The van der Waals surface area contributed by atoms with Crippen molar-refractivity contribution in [2.24, 2.45) is 0 Å². The molecule has 19 heavy (non-hydrogen) atoms. The second-order valence-electron chi connectivity index (χ2n) is 3.62. The summed E-state index contributed by atoms with van der Waals surface area (Å²) in [5.41, 5.74) is 1.23. The van der Waals surface area contributed by atoms with E-state index in [2.05, 4.69) is 26.2 Å². The second-order valence-corrected chi connectivity index (χ2v) is 5.49. The van der Waals surface area contributed by atoms with Crippen molar-refractivity contribution in [3.8, 4) is 0 Å². The van der Waals surface area contributed by atoms with Crippen molar-refractivity contribution < 1.29 is 9.72 Å². The normalized spacial score (nSPS) is 10.2. The maximum absolute atomic E-state index is 11.9. The van der Waals surface area contributed by atoms with Crippen molar-refractivity contribution in [3.05, 3.63) is 49.6 Å². The number of aromatic nitrogens is 1. The summed E-state index contributed by atoms with van der Waals surface area (Å²) in [5.74, 6) is -0.384. The lowest BCUT2D eigenvalue weighted by atomic mass is 10.3. The minimum atomic E-state index is -0.520. The highest BCUT2D eigenvalue weighted by Crippen LogP contribution is 2.25. The van der Waals surface area contributed by atoms with Crippen LogP contribution in [0.25, 0.3) is 0 Å². The molecule has 1 amide bonds. The van der Waals surface area contributed by atoms with Crippen molar-refractivity contribution in [2.45, 2.75) is 6.92 Å². The lowest BCUT2D eigenvalue weighted by Crippen LogP contribution is -2.11. The first-order valence-electron chi connectivity index (χ1n) is 5.16. The summed E-state index contributed by atoms with van der Waals surface area (Å²) in [6.45, 7) is 1.76. The Morgan fingerprint density at radius 2 is 2.16 bits per heavy atom. The van der Waals surface area contributed by atoms with Gasteiger partial charge in [0.05, 0.1) is 21.2 Å². The summed E-state index contributed by atoms with van der Waals surface area (Å²) in [5, 5.41) is 13.2. The highest BCUT2D eigenvalue weighted by atomic mass is 79.9. The van der Waals surface area contributed by atoms with E-state index in [4.69, 9.17) is 0 Å². The molecule has 0 radical (unpaired) electrons. The highest BCUT2D eigenvalue weighted by Gasteiger charge is 2.16. The molecule has 0 aromatic carbocycles. The number of hydrogen-bond acceptors (Lipinski definition) is 5. The lowest BCUT2D eigenvalue weighted by Gasteiger charge is -2.06. The van der Waals surface area contributed by atoms with Crippen LogP contribution in [0.15, 0.2) is 28.9 Å². The van der Waals surface area contributed by atoms with Gasteiger partial charge in [0, 0.05) is 6.07 Å². The van der Waals surface area contributed by atoms with Crippen LogP contribution in [-0.4, -0.2) is 15.8 Å². The lowest BCUT2D eigenvalue weighted by molar-refractivity contribution is -0.380. The average Bonchev–Trinajstić information content (AvgIpc) is 2.82. The number of nitrogens with one attached hydrogen (secondary N) is 1. The number of thiophene rings is 1. The van der Waals surface area contributed by atoms with Crippen molar-refractivity contribution in [1.29, 1.82) is 0 Å². The first kappa shape index (κ1) is 13.6. The molecule has 0 saturated heterocycles. The molecule has 0 spiro atoms. The molecule has 0 fully saturated rings. The fourth-order valence-electron chi connectivity index (χ4n) is 1.39. The number of aryl methyl sites for hydroxylation is 1. The van der Waals surface area contributed by atoms with Gasteiger partial charge < -0.3 is 5.32 Å². The monoisotopic (exact) mass is 341 g/mol. The summed E-state index contributed by atoms with van der Waals surface area (Å²) in [4.78, 5) is 26.4. The van der Waals surface area contributed by atoms with Gasteiger partial charge in [-0.3, -0.25) is 14.9 Å². The molecule has 1 N–H and O–H groups in total. The number of nitrogens with zero attached hydrogens (tertiary/aromatic N) is 2. The number of amides is 1. The maximum Gasteiger partial charge on any atom is 0.324 e. The Balaban J connectivity index is 2.18. The van der Waals surface area contributed by atoms with E-state index in [0.29, 0.717) is 16.0 Å². The second kappa shape index (κ2) is 5.45. The van der Waals surface area contributed by atoms with Gasteiger partial charge in [-0.15, -0.1) is 0 Å². The summed E-state index contributed by atoms with van der Waals surface area (Å²) in [6, 6.07) is 6.16. The van der Waals surface area contributed by atoms with E-state index >= 15 is 0 Å². The minimum Gasteiger partial charge on any atom is -0.320 e. The molecule has 0 saturated carbocycles. The molecule has 2 aromatic rings. The fourth-order valence-corrected chi connectivity index (χ4v) is 2.51. The summed E-state index contributed by atoms with van der Waals surface area (Å²) < 4.78 is 0.676. The number of pyridine rings is 1. The Hall–Kier alpha value is -1.80. The van der Waals surface area contributed by atoms with Gasteiger partial charge in [-0.05, 0) is 41.1 Å². The van der Waals surface area contributed by atoms with Crippen molar-refractivity contribution in [3.63, 3.8) is 0 Å². The smallest absolute Gasteiger partial charge is 0.320 e. The number of anilines is 1. The van der Waals surface area contributed by atoms with Gasteiger partial charge in [0.25, 0.3) is 5.91 Å². The van der Waals surface area contributed by atoms with Crippen LogP contribution in [0.2, 0.25) is 0 Å². The van der Waals surface area contributed by atoms with Crippen molar-refractivity contribution >= 4 is 43.9 Å². The molecule has 0 aliphatic heterocycles. The first-order valence-corrected chi connectivity index (χ1v) is 6.77. The summed E-state index contributed by atoms with van der Waals surface area (Å²) in [7, 11) is 0. The summed E-state index contributed by atoms with van der Waals surface area (Å²) in [6.07, 6.45) is 0. The predicted octanol–water partition coefficient (Wildman–Crippen LogP) is 3.37. The van der Waals surface area contributed by atoms with Gasteiger partial charge >= 0.3 is 5.00 Å². The Morgan fingerprint density at radius 1 is 1.42 bits per heavy atom. The van der Waals surface area contributed by atoms with Crippen LogP contribution in [0.4, 0.5) is 10.7 Å². The van der Waals surface area contributed by atoms with E-state index < -0.39 is 4.92 Å². The van der Waals surface area contributed by atoms with Gasteiger partial charge in [0.15, 0.2) is 0 Å². The molecule has 6 nitrogen and oxygen atoms in total. The van der Waals surface area contributed by atoms with Crippen LogP contribution >= 0.6 is 27.3 Å². The third-order valence-corrected chi connectivity index (χ3v) is 3.77. The van der Waals surface area contributed by atoms with Crippen molar-refractivity contribution in [1.82, 2.24) is 4.98 Å². The van der Waals surface area contributed by atoms with Crippen LogP contribution in [0.1, 0.15) is 15.4 Å². The van der Waals surface area contributed by atoms with Crippen molar-refractivity contribution in [2.75, 3.05) is 5.32 Å². The molecule has 2 heterocycles. The highest BCUT2D eigenvalue weighted by molar-refractivity contribution is 9.10. The fraction of sp³-hybridized carbons (Fsp3) is 0.0909. The van der Waals surface area contributed by atoms with Gasteiger partial charge in [0.2, 0.25) is 0 Å². The van der Waals surface area contributed by atoms with Gasteiger partial charge in [-0.1, -0.05) is 11.3 Å². The number of halogens is 1. The van der Waals surface area contributed by atoms with E-state index in [1.54, 1.807) is 19.1 Å². The Morgan fingerprint density at radius 3 is 2.74 bits per heavy atom. The topological polar surface area (TPSA) is 85.1 Å². The number of carbonyl (C=O) groups is 1. The Labute approximate surface area is 120 Å². The number of carbonyl (C=O) groups excluding carboxylic acids is 1. The molecular formula is C11H8BrN3O3S. The van der Waals surface area contributed by atoms with Gasteiger partial charge in [-0.2, -0.15) is 0 Å². The molecule has 0 aliphatic carbocycles. The van der Waals surface area contributed by atoms with Gasteiger partial charge in [0.1, 0.15) is 4.60 Å². The predicted molar refractivity (Wildman–Crippen MR) is 75.6 cm³/mol. The standard InChI is InChI=1S/C11H8BrN3O3S/c1-6-7(2-4-9(12)13-6)14-11(16)8-3-5-10(19-8)15(17)18/h2-5H,1H3,(H,14,16). The molecular weight excluding hydrogens is 334 g/mol. The zero-order chi connectivity index (χ0) is 14.0. The van der Waals surface area contributed by atoms with Crippen LogP contribution in [-0.2, 0) is 0 Å². The molecule has 2 aromatic heterocycles. The van der Waals surface area contributed by atoms with E-state index in [9.17, 15) is 14.9 Å². The van der Waals surface area contributed by atoms with E-state index in [1.165, 1.54) is 12.1 Å². The molecule has 0 unspecified atom stereocenters. The molecule has 0 atom stereocenters. The minimum absolute atomic E-state index is 0.0594. The van der Waals surface area contributed by atoms with E-state index in [-0.39, 0.29) is 15.8 Å². The summed E-state index contributed by atoms with van der Waals surface area (Å²) >= 11 is 4.07. The molecule has 2 rings (SSSR count).